The fraction of sp³-hybridized carbons (Fsp3) is 0.455. The van der Waals surface area contributed by atoms with Crippen molar-refractivity contribution in [2.24, 2.45) is 0 Å². The van der Waals surface area contributed by atoms with Crippen molar-refractivity contribution in [1.29, 1.82) is 0 Å². The Hall–Kier alpha value is -1.28. The number of thioether (sulfide) groups is 1. The number of halogens is 2. The Morgan fingerprint density at radius 2 is 1.87 bits per heavy atom. The van der Waals surface area contributed by atoms with E-state index < -0.39 is 0 Å². The van der Waals surface area contributed by atoms with Crippen molar-refractivity contribution in [3.63, 3.8) is 0 Å². The highest BCUT2D eigenvalue weighted by Crippen LogP contribution is 2.31. The quantitative estimate of drug-likeness (QED) is 0.500. The van der Waals surface area contributed by atoms with Crippen LogP contribution in [0.1, 0.15) is 25.7 Å². The fourth-order valence-electron chi connectivity index (χ4n) is 4.51. The minimum atomic E-state index is 0.437. The molecule has 0 spiro atoms. The van der Waals surface area contributed by atoms with Crippen molar-refractivity contribution >= 4 is 50.8 Å². The number of anilines is 1. The average Bonchev–Trinajstić information content (AvgIpc) is 3.16. The maximum absolute atomic E-state index is 6.46. The summed E-state index contributed by atoms with van der Waals surface area (Å²) in [7, 11) is 0. The number of hydrogen-bond acceptors (Lipinski definition) is 5. The molecule has 2 aliphatic rings. The molecule has 2 fully saturated rings. The lowest BCUT2D eigenvalue weighted by molar-refractivity contribution is 0.148. The second-order valence-corrected chi connectivity index (χ2v) is 10.5. The molecule has 0 bridgehead atoms. The van der Waals surface area contributed by atoms with E-state index in [2.05, 4.69) is 49.1 Å². The van der Waals surface area contributed by atoms with Gasteiger partial charge < -0.3 is 10.2 Å². The molecule has 0 radical (unpaired) electrons. The largest absolute Gasteiger partial charge is 0.367 e. The first kappa shape index (κ1) is 20.6. The van der Waals surface area contributed by atoms with Crippen molar-refractivity contribution in [2.75, 3.05) is 29.9 Å². The van der Waals surface area contributed by atoms with Crippen LogP contribution < -0.4 is 5.32 Å². The Morgan fingerprint density at radius 1 is 1.10 bits per heavy atom. The van der Waals surface area contributed by atoms with Crippen LogP contribution in [0.2, 0.25) is 5.02 Å². The number of nitrogens with zero attached hydrogens (tertiary/aromatic N) is 4. The number of fused-ring (bicyclic) bond motifs is 1. The standard InChI is InChI=1S/C22H25BrClN5S/c23-18-14-25-29-21(13-20(27-22(18)29)17-3-1-2-4-19(17)24)26-15-5-9-28(10-6-15)16-7-11-30-12-8-16/h1-4,13-16,26H,5-12H2. The first-order chi connectivity index (χ1) is 14.7. The molecule has 1 N–H and O–H groups in total. The van der Waals surface area contributed by atoms with Crippen molar-refractivity contribution in [1.82, 2.24) is 19.5 Å². The molecular weight excluding hydrogens is 482 g/mol. The summed E-state index contributed by atoms with van der Waals surface area (Å²) in [5.41, 5.74) is 2.59. The van der Waals surface area contributed by atoms with Crippen LogP contribution in [0.25, 0.3) is 16.9 Å². The summed E-state index contributed by atoms with van der Waals surface area (Å²) in [6, 6.07) is 11.1. The third-order valence-corrected chi connectivity index (χ3v) is 8.11. The Kier molecular flexibility index (Phi) is 6.23. The molecule has 2 aromatic heterocycles. The molecule has 2 aliphatic heterocycles. The number of rotatable bonds is 4. The molecule has 0 atom stereocenters. The summed E-state index contributed by atoms with van der Waals surface area (Å²) in [4.78, 5) is 7.52. The molecular formula is C22H25BrClN5S. The Balaban J connectivity index is 1.37. The van der Waals surface area contributed by atoms with Gasteiger partial charge in [-0.3, -0.25) is 0 Å². The summed E-state index contributed by atoms with van der Waals surface area (Å²) in [5.74, 6) is 3.60. The van der Waals surface area contributed by atoms with Crippen molar-refractivity contribution < 1.29 is 0 Å². The topological polar surface area (TPSA) is 45.5 Å². The minimum absolute atomic E-state index is 0.437. The molecule has 158 valence electrons. The van der Waals surface area contributed by atoms with Crippen molar-refractivity contribution in [3.05, 3.63) is 46.0 Å². The van der Waals surface area contributed by atoms with Crippen LogP contribution in [0.15, 0.2) is 41.0 Å². The molecule has 2 saturated heterocycles. The van der Waals surface area contributed by atoms with Gasteiger partial charge in [0, 0.05) is 41.8 Å². The molecule has 0 saturated carbocycles. The normalized spacial score (nSPS) is 19.4. The third kappa shape index (κ3) is 4.22. The highest BCUT2D eigenvalue weighted by Gasteiger charge is 2.27. The van der Waals surface area contributed by atoms with Gasteiger partial charge in [0.15, 0.2) is 5.65 Å². The average molecular weight is 507 g/mol. The predicted octanol–water partition coefficient (Wildman–Crippen LogP) is 5.58. The predicted molar refractivity (Wildman–Crippen MR) is 130 cm³/mol. The highest BCUT2D eigenvalue weighted by molar-refractivity contribution is 9.10. The molecule has 5 rings (SSSR count). The summed E-state index contributed by atoms with van der Waals surface area (Å²) < 4.78 is 2.76. The molecule has 0 aliphatic carbocycles. The van der Waals surface area contributed by atoms with E-state index in [9.17, 15) is 0 Å². The van der Waals surface area contributed by atoms with Gasteiger partial charge in [-0.15, -0.1) is 0 Å². The van der Waals surface area contributed by atoms with Gasteiger partial charge in [0.05, 0.1) is 16.4 Å². The van der Waals surface area contributed by atoms with Crippen LogP contribution in [0.5, 0.6) is 0 Å². The van der Waals surface area contributed by atoms with Crippen LogP contribution >= 0.6 is 39.3 Å². The zero-order valence-electron chi connectivity index (χ0n) is 16.7. The summed E-state index contributed by atoms with van der Waals surface area (Å²) >= 11 is 12.1. The van der Waals surface area contributed by atoms with E-state index in [0.29, 0.717) is 11.1 Å². The second-order valence-electron chi connectivity index (χ2n) is 8.03. The van der Waals surface area contributed by atoms with Crippen LogP contribution in [0, 0.1) is 0 Å². The van der Waals surface area contributed by atoms with E-state index >= 15 is 0 Å². The zero-order valence-corrected chi connectivity index (χ0v) is 19.9. The molecule has 4 heterocycles. The first-order valence-corrected chi connectivity index (χ1v) is 12.9. The number of hydrogen-bond donors (Lipinski definition) is 1. The summed E-state index contributed by atoms with van der Waals surface area (Å²) in [5, 5.41) is 8.99. The van der Waals surface area contributed by atoms with Gasteiger partial charge in [0.25, 0.3) is 0 Å². The fourth-order valence-corrected chi connectivity index (χ4v) is 6.18. The van der Waals surface area contributed by atoms with E-state index in [1.54, 1.807) is 6.20 Å². The van der Waals surface area contributed by atoms with Gasteiger partial charge in [0.2, 0.25) is 0 Å². The van der Waals surface area contributed by atoms with E-state index in [4.69, 9.17) is 16.6 Å². The molecule has 0 unspecified atom stereocenters. The molecule has 5 nitrogen and oxygen atoms in total. The zero-order chi connectivity index (χ0) is 20.5. The van der Waals surface area contributed by atoms with E-state index in [-0.39, 0.29) is 0 Å². The van der Waals surface area contributed by atoms with Gasteiger partial charge in [-0.25, -0.2) is 4.98 Å². The van der Waals surface area contributed by atoms with Gasteiger partial charge in [-0.1, -0.05) is 29.8 Å². The van der Waals surface area contributed by atoms with E-state index in [1.807, 2.05) is 28.8 Å². The molecule has 0 amide bonds. The van der Waals surface area contributed by atoms with Crippen LogP contribution in [0.4, 0.5) is 5.82 Å². The minimum Gasteiger partial charge on any atom is -0.367 e. The van der Waals surface area contributed by atoms with E-state index in [0.717, 1.165) is 46.1 Å². The second kappa shape index (κ2) is 9.07. The van der Waals surface area contributed by atoms with Gasteiger partial charge >= 0.3 is 0 Å². The lowest BCUT2D eigenvalue weighted by Gasteiger charge is -2.39. The number of piperidine rings is 1. The van der Waals surface area contributed by atoms with Crippen molar-refractivity contribution in [2.45, 2.75) is 37.8 Å². The Morgan fingerprint density at radius 3 is 2.63 bits per heavy atom. The summed E-state index contributed by atoms with van der Waals surface area (Å²) in [6.45, 7) is 2.34. The molecule has 3 aromatic rings. The SMILES string of the molecule is Clc1ccccc1-c1cc(NC2CCN(C3CCSCC3)CC2)n2ncc(Br)c2n1. The maximum Gasteiger partial charge on any atom is 0.172 e. The van der Waals surface area contributed by atoms with Gasteiger partial charge in [-0.05, 0) is 59.2 Å². The number of likely N-dealkylation sites (tertiary alicyclic amines) is 1. The third-order valence-electron chi connectivity index (χ3n) is 6.17. The van der Waals surface area contributed by atoms with Gasteiger partial charge in [-0.2, -0.15) is 21.4 Å². The first-order valence-electron chi connectivity index (χ1n) is 10.6. The molecule has 1 aromatic carbocycles. The maximum atomic E-state index is 6.46. The Bertz CT molecular complexity index is 1030. The smallest absolute Gasteiger partial charge is 0.172 e. The van der Waals surface area contributed by atoms with Crippen molar-refractivity contribution in [3.8, 4) is 11.3 Å². The van der Waals surface area contributed by atoms with Crippen LogP contribution in [-0.2, 0) is 0 Å². The van der Waals surface area contributed by atoms with Crippen LogP contribution in [-0.4, -0.2) is 56.2 Å². The lowest BCUT2D eigenvalue weighted by atomic mass is 10.0. The monoisotopic (exact) mass is 505 g/mol. The van der Waals surface area contributed by atoms with Crippen LogP contribution in [0.3, 0.4) is 0 Å². The molecule has 8 heteroatoms. The Labute approximate surface area is 194 Å². The van der Waals surface area contributed by atoms with E-state index in [1.165, 1.54) is 37.4 Å². The summed E-state index contributed by atoms with van der Waals surface area (Å²) in [6.07, 6.45) is 6.79. The number of aromatic nitrogens is 3. The number of benzene rings is 1. The highest BCUT2D eigenvalue weighted by atomic mass is 79.9. The number of nitrogens with one attached hydrogen (secondary N) is 1. The van der Waals surface area contributed by atoms with Gasteiger partial charge in [0.1, 0.15) is 5.82 Å². The molecule has 30 heavy (non-hydrogen) atoms. The lowest BCUT2D eigenvalue weighted by Crippen LogP contribution is -2.46.